The van der Waals surface area contributed by atoms with E-state index in [0.29, 0.717) is 6.54 Å². The zero-order chi connectivity index (χ0) is 11.8. The fourth-order valence-electron chi connectivity index (χ4n) is 2.08. The standard InChI is InChI=1S/C10H16N2O3S/c1-3-16(13,14)12-6-4-5-10(12)9-7-8(2)15-11-9/h7,10H,3-6H2,1-2H3/t10-/m1/s1. The largest absolute Gasteiger partial charge is 0.361 e. The first-order valence-electron chi connectivity index (χ1n) is 5.47. The van der Waals surface area contributed by atoms with E-state index < -0.39 is 10.0 Å². The lowest BCUT2D eigenvalue weighted by Gasteiger charge is -2.21. The van der Waals surface area contributed by atoms with Crippen LogP contribution in [-0.2, 0) is 10.0 Å². The van der Waals surface area contributed by atoms with Crippen LogP contribution in [0.4, 0.5) is 0 Å². The number of hydrogen-bond acceptors (Lipinski definition) is 4. The predicted octanol–water partition coefficient (Wildman–Crippen LogP) is 1.47. The minimum atomic E-state index is -3.13. The van der Waals surface area contributed by atoms with Gasteiger partial charge in [-0.2, -0.15) is 4.31 Å². The van der Waals surface area contributed by atoms with Crippen LogP contribution >= 0.6 is 0 Å². The van der Waals surface area contributed by atoms with Gasteiger partial charge in [-0.15, -0.1) is 0 Å². The first kappa shape index (κ1) is 11.6. The maximum Gasteiger partial charge on any atom is 0.214 e. The van der Waals surface area contributed by atoms with Gasteiger partial charge in [0.1, 0.15) is 11.5 Å². The van der Waals surface area contributed by atoms with Crippen LogP contribution in [0.2, 0.25) is 0 Å². The van der Waals surface area contributed by atoms with Gasteiger partial charge in [0.05, 0.1) is 11.8 Å². The molecular formula is C10H16N2O3S. The molecule has 1 fully saturated rings. The van der Waals surface area contributed by atoms with Gasteiger partial charge in [0.25, 0.3) is 0 Å². The highest BCUT2D eigenvalue weighted by atomic mass is 32.2. The van der Waals surface area contributed by atoms with Gasteiger partial charge < -0.3 is 4.52 Å². The number of rotatable bonds is 3. The maximum atomic E-state index is 11.9. The van der Waals surface area contributed by atoms with Crippen LogP contribution in [0.15, 0.2) is 10.6 Å². The fourth-order valence-corrected chi connectivity index (χ4v) is 3.42. The first-order valence-corrected chi connectivity index (χ1v) is 7.08. The SMILES string of the molecule is CCS(=O)(=O)N1CCC[C@@H]1c1cc(C)on1. The second-order valence-corrected chi connectivity index (χ2v) is 6.24. The van der Waals surface area contributed by atoms with E-state index in [-0.39, 0.29) is 11.8 Å². The molecule has 0 radical (unpaired) electrons. The van der Waals surface area contributed by atoms with Crippen LogP contribution in [0.25, 0.3) is 0 Å². The molecule has 2 rings (SSSR count). The van der Waals surface area contributed by atoms with Crippen molar-refractivity contribution in [3.8, 4) is 0 Å². The van der Waals surface area contributed by atoms with E-state index in [0.717, 1.165) is 24.3 Å². The Bertz CT molecular complexity index is 466. The Morgan fingerprint density at radius 3 is 2.94 bits per heavy atom. The Morgan fingerprint density at radius 1 is 1.62 bits per heavy atom. The predicted molar refractivity (Wildman–Crippen MR) is 59.4 cm³/mol. The van der Waals surface area contributed by atoms with Gasteiger partial charge in [-0.1, -0.05) is 5.16 Å². The Kier molecular flexibility index (Phi) is 3.03. The van der Waals surface area contributed by atoms with E-state index in [1.807, 2.05) is 13.0 Å². The summed E-state index contributed by atoms with van der Waals surface area (Å²) in [5, 5.41) is 3.91. The van der Waals surface area contributed by atoms with Crippen molar-refractivity contribution in [1.82, 2.24) is 9.46 Å². The summed E-state index contributed by atoms with van der Waals surface area (Å²) in [4.78, 5) is 0. The molecule has 1 aliphatic heterocycles. The van der Waals surface area contributed by atoms with Crippen LogP contribution in [0, 0.1) is 6.92 Å². The van der Waals surface area contributed by atoms with Gasteiger partial charge in [0.15, 0.2) is 0 Å². The van der Waals surface area contributed by atoms with Crippen molar-refractivity contribution in [1.29, 1.82) is 0 Å². The summed E-state index contributed by atoms with van der Waals surface area (Å²) in [5.74, 6) is 0.858. The summed E-state index contributed by atoms with van der Waals surface area (Å²) >= 11 is 0. The van der Waals surface area contributed by atoms with Crippen molar-refractivity contribution in [3.63, 3.8) is 0 Å². The van der Waals surface area contributed by atoms with E-state index >= 15 is 0 Å². The molecule has 0 amide bonds. The van der Waals surface area contributed by atoms with Gasteiger partial charge in [0, 0.05) is 12.6 Å². The van der Waals surface area contributed by atoms with E-state index in [9.17, 15) is 8.42 Å². The minimum absolute atomic E-state index is 0.137. The minimum Gasteiger partial charge on any atom is -0.361 e. The zero-order valence-corrected chi connectivity index (χ0v) is 10.3. The number of hydrogen-bond donors (Lipinski definition) is 0. The summed E-state index contributed by atoms with van der Waals surface area (Å²) in [6.07, 6.45) is 1.71. The summed E-state index contributed by atoms with van der Waals surface area (Å²) in [5.41, 5.74) is 0.729. The molecule has 1 atom stereocenters. The van der Waals surface area contributed by atoms with Gasteiger partial charge in [0.2, 0.25) is 10.0 Å². The summed E-state index contributed by atoms with van der Waals surface area (Å²) < 4.78 is 30.3. The van der Waals surface area contributed by atoms with Crippen molar-refractivity contribution >= 4 is 10.0 Å². The van der Waals surface area contributed by atoms with Crippen LogP contribution in [0.3, 0.4) is 0 Å². The van der Waals surface area contributed by atoms with Crippen LogP contribution in [-0.4, -0.2) is 30.2 Å². The molecule has 0 N–H and O–H groups in total. The average Bonchev–Trinajstić information content (AvgIpc) is 2.85. The molecule has 1 aromatic heterocycles. The quantitative estimate of drug-likeness (QED) is 0.807. The molecule has 0 aliphatic carbocycles. The lowest BCUT2D eigenvalue weighted by Crippen LogP contribution is -2.32. The lowest BCUT2D eigenvalue weighted by atomic mass is 10.1. The highest BCUT2D eigenvalue weighted by Gasteiger charge is 2.35. The van der Waals surface area contributed by atoms with Crippen molar-refractivity contribution in [2.24, 2.45) is 0 Å². The molecule has 0 bridgehead atoms. The number of sulfonamides is 1. The topological polar surface area (TPSA) is 63.4 Å². The third-order valence-electron chi connectivity index (χ3n) is 2.91. The number of aromatic nitrogens is 1. The van der Waals surface area contributed by atoms with Gasteiger partial charge in [-0.25, -0.2) is 8.42 Å². The number of aryl methyl sites for hydroxylation is 1. The highest BCUT2D eigenvalue weighted by molar-refractivity contribution is 7.89. The van der Waals surface area contributed by atoms with Crippen molar-refractivity contribution in [2.45, 2.75) is 32.7 Å². The highest BCUT2D eigenvalue weighted by Crippen LogP contribution is 2.33. The van der Waals surface area contributed by atoms with Crippen molar-refractivity contribution < 1.29 is 12.9 Å². The molecule has 1 aliphatic rings. The smallest absolute Gasteiger partial charge is 0.214 e. The molecule has 0 saturated carbocycles. The monoisotopic (exact) mass is 244 g/mol. The molecule has 0 unspecified atom stereocenters. The van der Waals surface area contributed by atoms with E-state index in [1.54, 1.807) is 11.2 Å². The van der Waals surface area contributed by atoms with E-state index in [1.165, 1.54) is 0 Å². The second kappa shape index (κ2) is 4.18. The van der Waals surface area contributed by atoms with Gasteiger partial charge >= 0.3 is 0 Å². The van der Waals surface area contributed by atoms with E-state index in [4.69, 9.17) is 4.52 Å². The Labute approximate surface area is 95.5 Å². The average molecular weight is 244 g/mol. The molecule has 2 heterocycles. The fraction of sp³-hybridized carbons (Fsp3) is 0.700. The molecule has 6 heteroatoms. The summed E-state index contributed by atoms with van der Waals surface area (Å²) in [6.45, 7) is 4.07. The van der Waals surface area contributed by atoms with Crippen molar-refractivity contribution in [3.05, 3.63) is 17.5 Å². The normalized spacial score (nSPS) is 22.8. The molecule has 5 nitrogen and oxygen atoms in total. The molecule has 1 saturated heterocycles. The molecule has 0 spiro atoms. The molecule has 1 aromatic rings. The Hall–Kier alpha value is -0.880. The van der Waals surface area contributed by atoms with Crippen LogP contribution in [0.1, 0.15) is 37.3 Å². The Balaban J connectivity index is 2.28. The Morgan fingerprint density at radius 2 is 2.38 bits per heavy atom. The van der Waals surface area contributed by atoms with Gasteiger partial charge in [-0.3, -0.25) is 0 Å². The molecule has 90 valence electrons. The summed E-state index contributed by atoms with van der Waals surface area (Å²) in [7, 11) is -3.13. The summed E-state index contributed by atoms with van der Waals surface area (Å²) in [6, 6.07) is 1.68. The third-order valence-corrected chi connectivity index (χ3v) is 4.79. The van der Waals surface area contributed by atoms with Crippen LogP contribution in [0.5, 0.6) is 0 Å². The number of nitrogens with zero attached hydrogens (tertiary/aromatic N) is 2. The maximum absolute atomic E-state index is 11.9. The third kappa shape index (κ3) is 1.99. The molecule has 0 aromatic carbocycles. The molecule has 16 heavy (non-hydrogen) atoms. The molecular weight excluding hydrogens is 228 g/mol. The van der Waals surface area contributed by atoms with Crippen LogP contribution < -0.4 is 0 Å². The van der Waals surface area contributed by atoms with Gasteiger partial charge in [-0.05, 0) is 26.7 Å². The lowest BCUT2D eigenvalue weighted by molar-refractivity contribution is 0.350. The first-order chi connectivity index (χ1) is 7.54. The van der Waals surface area contributed by atoms with E-state index in [2.05, 4.69) is 5.16 Å². The van der Waals surface area contributed by atoms with Crippen molar-refractivity contribution in [2.75, 3.05) is 12.3 Å². The zero-order valence-electron chi connectivity index (χ0n) is 9.51. The second-order valence-electron chi connectivity index (χ2n) is 4.03.